The lowest BCUT2D eigenvalue weighted by Crippen LogP contribution is -1.93. The van der Waals surface area contributed by atoms with Crippen LogP contribution in [0.1, 0.15) is 5.56 Å². The van der Waals surface area contributed by atoms with Crippen molar-refractivity contribution < 1.29 is 13.9 Å². The molecule has 0 saturated heterocycles. The highest BCUT2D eigenvalue weighted by atomic mass is 16.7. The van der Waals surface area contributed by atoms with Gasteiger partial charge in [-0.3, -0.25) is 0 Å². The highest BCUT2D eigenvalue weighted by Gasteiger charge is 2.12. The Balaban J connectivity index is 0.000000136. The van der Waals surface area contributed by atoms with Gasteiger partial charge in [-0.25, -0.2) is 4.79 Å². The van der Waals surface area contributed by atoms with Crippen molar-refractivity contribution in [2.45, 2.75) is 6.42 Å². The molecule has 4 rings (SSSR count). The molecule has 2 heterocycles. The van der Waals surface area contributed by atoms with Crippen molar-refractivity contribution in [3.05, 3.63) is 83.2 Å². The van der Waals surface area contributed by atoms with E-state index < -0.39 is 0 Å². The van der Waals surface area contributed by atoms with Crippen molar-refractivity contribution in [1.29, 1.82) is 0 Å². The van der Waals surface area contributed by atoms with E-state index in [0.29, 0.717) is 12.4 Å². The lowest BCUT2D eigenvalue weighted by molar-refractivity contribution is 0.174. The van der Waals surface area contributed by atoms with Crippen LogP contribution in [0, 0.1) is 0 Å². The molecule has 4 nitrogen and oxygen atoms in total. The SMILES string of the molecule is C=CCc1ccc2c(c1)OCO2.O=c1ccc2ccccc2o1. The number of fused-ring (bicyclic) bond motifs is 2. The molecule has 0 atom stereocenters. The Hall–Kier alpha value is -3.01. The Morgan fingerprint density at radius 2 is 1.83 bits per heavy atom. The molecular formula is C19H16O4. The van der Waals surface area contributed by atoms with Crippen LogP contribution in [0.3, 0.4) is 0 Å². The second-order valence-corrected chi connectivity index (χ2v) is 4.97. The van der Waals surface area contributed by atoms with E-state index in [-0.39, 0.29) is 5.63 Å². The third-order valence-corrected chi connectivity index (χ3v) is 3.35. The summed E-state index contributed by atoms with van der Waals surface area (Å²) in [4.78, 5) is 10.7. The lowest BCUT2D eigenvalue weighted by atomic mass is 10.1. The van der Waals surface area contributed by atoms with Crippen molar-refractivity contribution in [2.75, 3.05) is 6.79 Å². The molecular weight excluding hydrogens is 292 g/mol. The highest BCUT2D eigenvalue weighted by molar-refractivity contribution is 5.75. The molecule has 0 spiro atoms. The zero-order valence-corrected chi connectivity index (χ0v) is 12.5. The normalized spacial score (nSPS) is 11.7. The van der Waals surface area contributed by atoms with Gasteiger partial charge in [-0.05, 0) is 36.2 Å². The van der Waals surface area contributed by atoms with Crippen LogP contribution in [0.25, 0.3) is 11.0 Å². The van der Waals surface area contributed by atoms with Gasteiger partial charge >= 0.3 is 5.63 Å². The van der Waals surface area contributed by atoms with Gasteiger partial charge < -0.3 is 13.9 Å². The average molecular weight is 308 g/mol. The summed E-state index contributed by atoms with van der Waals surface area (Å²) in [5.74, 6) is 1.68. The van der Waals surface area contributed by atoms with E-state index in [9.17, 15) is 4.79 Å². The first kappa shape index (κ1) is 14.9. The van der Waals surface area contributed by atoms with Gasteiger partial charge in [0.25, 0.3) is 0 Å². The topological polar surface area (TPSA) is 48.7 Å². The fourth-order valence-corrected chi connectivity index (χ4v) is 2.25. The first-order chi connectivity index (χ1) is 11.3. The van der Waals surface area contributed by atoms with E-state index in [1.54, 1.807) is 12.1 Å². The summed E-state index contributed by atoms with van der Waals surface area (Å²) >= 11 is 0. The molecule has 0 unspecified atom stereocenters. The number of ether oxygens (including phenoxy) is 2. The Morgan fingerprint density at radius 3 is 2.70 bits per heavy atom. The second kappa shape index (κ2) is 6.83. The van der Waals surface area contributed by atoms with Gasteiger partial charge in [0.05, 0.1) is 0 Å². The van der Waals surface area contributed by atoms with Crippen molar-refractivity contribution in [3.8, 4) is 11.5 Å². The van der Waals surface area contributed by atoms with Crippen LogP contribution < -0.4 is 15.1 Å². The Kier molecular flexibility index (Phi) is 4.43. The monoisotopic (exact) mass is 308 g/mol. The Morgan fingerprint density at radius 1 is 1.00 bits per heavy atom. The molecule has 0 bridgehead atoms. The Labute approximate surface area is 133 Å². The van der Waals surface area contributed by atoms with Crippen LogP contribution in [0.2, 0.25) is 0 Å². The van der Waals surface area contributed by atoms with Crippen LogP contribution in [-0.2, 0) is 6.42 Å². The smallest absolute Gasteiger partial charge is 0.336 e. The van der Waals surface area contributed by atoms with Crippen LogP contribution in [-0.4, -0.2) is 6.79 Å². The molecule has 0 saturated carbocycles. The van der Waals surface area contributed by atoms with Gasteiger partial charge in [0, 0.05) is 11.5 Å². The number of hydrogen-bond donors (Lipinski definition) is 0. The first-order valence-corrected chi connectivity index (χ1v) is 7.24. The zero-order valence-electron chi connectivity index (χ0n) is 12.5. The van der Waals surface area contributed by atoms with E-state index in [1.807, 2.05) is 42.5 Å². The van der Waals surface area contributed by atoms with Crippen LogP contribution in [0.15, 0.2) is 76.5 Å². The molecule has 3 aromatic rings. The van der Waals surface area contributed by atoms with Gasteiger partial charge in [-0.1, -0.05) is 30.3 Å². The fourth-order valence-electron chi connectivity index (χ4n) is 2.25. The van der Waals surface area contributed by atoms with E-state index in [4.69, 9.17) is 13.9 Å². The fraction of sp³-hybridized carbons (Fsp3) is 0.105. The minimum atomic E-state index is -0.302. The summed E-state index contributed by atoms with van der Waals surface area (Å²) in [6.07, 6.45) is 2.74. The summed E-state index contributed by atoms with van der Waals surface area (Å²) in [5, 5.41) is 0.951. The van der Waals surface area contributed by atoms with Crippen LogP contribution in [0.4, 0.5) is 0 Å². The van der Waals surface area contributed by atoms with Crippen molar-refractivity contribution in [2.24, 2.45) is 0 Å². The minimum Gasteiger partial charge on any atom is -0.454 e. The number of hydrogen-bond acceptors (Lipinski definition) is 4. The summed E-state index contributed by atoms with van der Waals surface area (Å²) in [7, 11) is 0. The van der Waals surface area contributed by atoms with Crippen LogP contribution >= 0.6 is 0 Å². The summed E-state index contributed by atoms with van der Waals surface area (Å²) in [5.41, 5.74) is 1.54. The number of benzene rings is 2. The molecule has 1 aliphatic heterocycles. The molecule has 4 heteroatoms. The molecule has 2 aromatic carbocycles. The van der Waals surface area contributed by atoms with Crippen LogP contribution in [0.5, 0.6) is 11.5 Å². The number of allylic oxidation sites excluding steroid dienone is 1. The maximum Gasteiger partial charge on any atom is 0.336 e. The maximum atomic E-state index is 10.7. The first-order valence-electron chi connectivity index (χ1n) is 7.24. The summed E-state index contributed by atoms with van der Waals surface area (Å²) in [6.45, 7) is 4.02. The molecule has 1 aliphatic rings. The number of para-hydroxylation sites is 1. The Bertz CT molecular complexity index is 880. The van der Waals surface area contributed by atoms with Gasteiger partial charge in [-0.2, -0.15) is 0 Å². The second-order valence-electron chi connectivity index (χ2n) is 4.97. The number of rotatable bonds is 2. The third kappa shape index (κ3) is 3.61. The molecule has 0 amide bonds. The lowest BCUT2D eigenvalue weighted by Gasteiger charge is -1.98. The van der Waals surface area contributed by atoms with E-state index >= 15 is 0 Å². The van der Waals surface area contributed by atoms with Crippen molar-refractivity contribution in [3.63, 3.8) is 0 Å². The zero-order chi connectivity index (χ0) is 16.1. The van der Waals surface area contributed by atoms with Gasteiger partial charge in [0.1, 0.15) is 5.58 Å². The van der Waals surface area contributed by atoms with E-state index in [0.717, 1.165) is 23.3 Å². The molecule has 0 fully saturated rings. The molecule has 0 aliphatic carbocycles. The minimum absolute atomic E-state index is 0.302. The average Bonchev–Trinajstić information content (AvgIpc) is 3.03. The van der Waals surface area contributed by atoms with Gasteiger partial charge in [0.2, 0.25) is 6.79 Å². The largest absolute Gasteiger partial charge is 0.454 e. The summed E-state index contributed by atoms with van der Waals surface area (Å²) < 4.78 is 15.3. The third-order valence-electron chi connectivity index (χ3n) is 3.35. The highest BCUT2D eigenvalue weighted by Crippen LogP contribution is 2.32. The molecule has 1 aromatic heterocycles. The molecule has 23 heavy (non-hydrogen) atoms. The van der Waals surface area contributed by atoms with Gasteiger partial charge in [0.15, 0.2) is 11.5 Å². The molecule has 0 N–H and O–H groups in total. The van der Waals surface area contributed by atoms with Gasteiger partial charge in [-0.15, -0.1) is 6.58 Å². The predicted octanol–water partition coefficient (Wildman–Crippen LogP) is 3.94. The van der Waals surface area contributed by atoms with E-state index in [2.05, 4.69) is 6.58 Å². The quantitative estimate of drug-likeness (QED) is 0.531. The predicted molar refractivity (Wildman–Crippen MR) is 89.0 cm³/mol. The maximum absolute atomic E-state index is 10.7. The van der Waals surface area contributed by atoms with Crippen molar-refractivity contribution >= 4 is 11.0 Å². The standard InChI is InChI=1S/C10H10O2.C9H6O2/c1-2-3-8-4-5-9-10(6-8)12-7-11-9;10-9-6-5-7-3-1-2-4-8(7)11-9/h2,4-6H,1,3,7H2;1-6H. The van der Waals surface area contributed by atoms with E-state index in [1.165, 1.54) is 11.6 Å². The van der Waals surface area contributed by atoms with Crippen molar-refractivity contribution in [1.82, 2.24) is 0 Å². The molecule has 0 radical (unpaired) electrons. The molecule has 116 valence electrons. The summed E-state index contributed by atoms with van der Waals surface area (Å²) in [6, 6.07) is 16.5.